The maximum Gasteiger partial charge on any atom is 0.401 e. The van der Waals surface area contributed by atoms with Gasteiger partial charge in [0.25, 0.3) is 0 Å². The lowest BCUT2D eigenvalue weighted by Crippen LogP contribution is -2.48. The van der Waals surface area contributed by atoms with E-state index in [2.05, 4.69) is 5.32 Å². The highest BCUT2D eigenvalue weighted by Crippen LogP contribution is 2.24. The summed E-state index contributed by atoms with van der Waals surface area (Å²) in [6.45, 7) is -0.335. The average molecular weight is 294 g/mol. The SMILES string of the molecule is Fc1ccc(F)c(N2CCCC(NCC(F)(F)F)C2)c1. The molecule has 1 aromatic rings. The van der Waals surface area contributed by atoms with E-state index in [1.807, 2.05) is 0 Å². The van der Waals surface area contributed by atoms with Crippen LogP contribution in [0.25, 0.3) is 0 Å². The van der Waals surface area contributed by atoms with E-state index in [4.69, 9.17) is 0 Å². The van der Waals surface area contributed by atoms with Crippen LogP contribution < -0.4 is 10.2 Å². The van der Waals surface area contributed by atoms with Crippen LogP contribution in [0.2, 0.25) is 0 Å². The number of hydrogen-bond acceptors (Lipinski definition) is 2. The van der Waals surface area contributed by atoms with Crippen molar-refractivity contribution in [3.63, 3.8) is 0 Å². The van der Waals surface area contributed by atoms with Gasteiger partial charge in [0.15, 0.2) is 0 Å². The van der Waals surface area contributed by atoms with E-state index in [-0.39, 0.29) is 18.3 Å². The second-order valence-electron chi connectivity index (χ2n) is 4.88. The van der Waals surface area contributed by atoms with Crippen molar-refractivity contribution in [3.8, 4) is 0 Å². The molecule has 20 heavy (non-hydrogen) atoms. The normalized spacial score (nSPS) is 20.2. The van der Waals surface area contributed by atoms with Gasteiger partial charge in [0.1, 0.15) is 11.6 Å². The fraction of sp³-hybridized carbons (Fsp3) is 0.538. The fourth-order valence-corrected chi connectivity index (χ4v) is 2.35. The molecule has 1 N–H and O–H groups in total. The Kier molecular flexibility index (Phi) is 4.47. The maximum atomic E-state index is 13.6. The minimum Gasteiger partial charge on any atom is -0.368 e. The fourth-order valence-electron chi connectivity index (χ4n) is 2.35. The highest BCUT2D eigenvalue weighted by molar-refractivity contribution is 5.48. The van der Waals surface area contributed by atoms with Gasteiger partial charge >= 0.3 is 6.18 Å². The first kappa shape index (κ1) is 15.0. The molecule has 0 bridgehead atoms. The van der Waals surface area contributed by atoms with Crippen LogP contribution in [0.3, 0.4) is 0 Å². The van der Waals surface area contributed by atoms with Crippen LogP contribution in [0.4, 0.5) is 27.6 Å². The van der Waals surface area contributed by atoms with E-state index in [1.54, 1.807) is 4.90 Å². The average Bonchev–Trinajstić information content (AvgIpc) is 2.39. The van der Waals surface area contributed by atoms with E-state index in [0.29, 0.717) is 19.4 Å². The number of alkyl halides is 3. The summed E-state index contributed by atoms with van der Waals surface area (Å²) < 4.78 is 63.3. The van der Waals surface area contributed by atoms with E-state index < -0.39 is 24.4 Å². The summed E-state index contributed by atoms with van der Waals surface area (Å²) in [7, 11) is 0. The molecule has 0 saturated carbocycles. The minimum absolute atomic E-state index is 0.100. The Morgan fingerprint density at radius 2 is 2.00 bits per heavy atom. The number of halogens is 5. The highest BCUT2D eigenvalue weighted by atomic mass is 19.4. The van der Waals surface area contributed by atoms with Crippen LogP contribution >= 0.6 is 0 Å². The number of nitrogens with one attached hydrogen (secondary N) is 1. The first-order chi connectivity index (χ1) is 9.35. The molecule has 1 unspecified atom stereocenters. The molecule has 0 aromatic heterocycles. The summed E-state index contributed by atoms with van der Waals surface area (Å²) >= 11 is 0. The molecular weight excluding hydrogens is 279 g/mol. The summed E-state index contributed by atoms with van der Waals surface area (Å²) in [4.78, 5) is 1.58. The third kappa shape index (κ3) is 4.06. The summed E-state index contributed by atoms with van der Waals surface area (Å²) in [5.74, 6) is -1.13. The van der Waals surface area contributed by atoms with Crippen molar-refractivity contribution in [3.05, 3.63) is 29.8 Å². The van der Waals surface area contributed by atoms with Gasteiger partial charge in [-0.05, 0) is 25.0 Å². The van der Waals surface area contributed by atoms with Crippen LogP contribution in [0.1, 0.15) is 12.8 Å². The Labute approximate surface area is 113 Å². The molecule has 1 fully saturated rings. The Morgan fingerprint density at radius 1 is 1.25 bits per heavy atom. The van der Waals surface area contributed by atoms with Gasteiger partial charge in [-0.15, -0.1) is 0 Å². The Hall–Kier alpha value is -1.37. The van der Waals surface area contributed by atoms with Gasteiger partial charge in [-0.1, -0.05) is 0 Å². The Balaban J connectivity index is 2.01. The van der Waals surface area contributed by atoms with Crippen LogP contribution in [-0.2, 0) is 0 Å². The van der Waals surface area contributed by atoms with Gasteiger partial charge in [0.2, 0.25) is 0 Å². The van der Waals surface area contributed by atoms with Crippen LogP contribution in [0, 0.1) is 11.6 Å². The molecule has 1 saturated heterocycles. The molecule has 1 aromatic carbocycles. The van der Waals surface area contributed by atoms with Crippen molar-refractivity contribution in [2.75, 3.05) is 24.5 Å². The molecule has 7 heteroatoms. The lowest BCUT2D eigenvalue weighted by molar-refractivity contribution is -0.126. The molecule has 112 valence electrons. The van der Waals surface area contributed by atoms with E-state index >= 15 is 0 Å². The Morgan fingerprint density at radius 3 is 2.70 bits per heavy atom. The molecule has 1 aliphatic heterocycles. The molecule has 1 atom stereocenters. The summed E-state index contributed by atoms with van der Waals surface area (Å²) in [5, 5.41) is 2.41. The molecular formula is C13H15F5N2. The highest BCUT2D eigenvalue weighted by Gasteiger charge is 2.30. The smallest absolute Gasteiger partial charge is 0.368 e. The predicted molar refractivity (Wildman–Crippen MR) is 65.7 cm³/mol. The lowest BCUT2D eigenvalue weighted by Gasteiger charge is -2.35. The first-order valence-corrected chi connectivity index (χ1v) is 6.35. The van der Waals surface area contributed by atoms with Gasteiger partial charge in [-0.25, -0.2) is 8.78 Å². The molecule has 2 nitrogen and oxygen atoms in total. The van der Waals surface area contributed by atoms with Crippen molar-refractivity contribution in [2.24, 2.45) is 0 Å². The van der Waals surface area contributed by atoms with Crippen molar-refractivity contribution in [1.82, 2.24) is 5.32 Å². The van der Waals surface area contributed by atoms with E-state index in [1.165, 1.54) is 0 Å². The number of benzene rings is 1. The third-order valence-electron chi connectivity index (χ3n) is 3.26. The van der Waals surface area contributed by atoms with Gasteiger partial charge in [-0.3, -0.25) is 0 Å². The number of anilines is 1. The number of nitrogens with zero attached hydrogens (tertiary/aromatic N) is 1. The second-order valence-corrected chi connectivity index (χ2v) is 4.88. The summed E-state index contributed by atoms with van der Waals surface area (Å²) in [6, 6.07) is 2.73. The molecule has 1 aliphatic rings. The number of rotatable bonds is 3. The molecule has 0 amide bonds. The maximum absolute atomic E-state index is 13.6. The van der Waals surface area contributed by atoms with E-state index in [0.717, 1.165) is 18.2 Å². The van der Waals surface area contributed by atoms with E-state index in [9.17, 15) is 22.0 Å². The second kappa shape index (κ2) is 5.95. The topological polar surface area (TPSA) is 15.3 Å². The quantitative estimate of drug-likeness (QED) is 0.862. The number of hydrogen-bond donors (Lipinski definition) is 1. The zero-order valence-electron chi connectivity index (χ0n) is 10.7. The van der Waals surface area contributed by atoms with Crippen LogP contribution in [-0.4, -0.2) is 31.9 Å². The molecule has 0 aliphatic carbocycles. The van der Waals surface area contributed by atoms with Gasteiger partial charge in [-0.2, -0.15) is 13.2 Å². The minimum atomic E-state index is -4.27. The zero-order chi connectivity index (χ0) is 14.8. The summed E-state index contributed by atoms with van der Waals surface area (Å²) in [5.41, 5.74) is 0.100. The summed E-state index contributed by atoms with van der Waals surface area (Å²) in [6.07, 6.45) is -3.05. The molecule has 0 spiro atoms. The van der Waals surface area contributed by atoms with Gasteiger partial charge in [0.05, 0.1) is 12.2 Å². The monoisotopic (exact) mass is 294 g/mol. The zero-order valence-corrected chi connectivity index (χ0v) is 10.7. The van der Waals surface area contributed by atoms with Gasteiger partial charge < -0.3 is 10.2 Å². The predicted octanol–water partition coefficient (Wildman–Crippen LogP) is 3.09. The largest absolute Gasteiger partial charge is 0.401 e. The Bertz CT molecular complexity index is 461. The standard InChI is InChI=1S/C13H15F5N2/c14-9-3-4-11(15)12(6-9)20-5-1-2-10(7-20)19-8-13(16,17)18/h3-4,6,10,19H,1-2,5,7-8H2. The van der Waals surface area contributed by atoms with Gasteiger partial charge in [0, 0.05) is 25.2 Å². The lowest BCUT2D eigenvalue weighted by atomic mass is 10.0. The molecule has 1 heterocycles. The van der Waals surface area contributed by atoms with Crippen LogP contribution in [0.15, 0.2) is 18.2 Å². The number of piperidine rings is 1. The molecule has 2 rings (SSSR count). The van der Waals surface area contributed by atoms with Crippen molar-refractivity contribution >= 4 is 5.69 Å². The van der Waals surface area contributed by atoms with Crippen molar-refractivity contribution < 1.29 is 22.0 Å². The molecule has 0 radical (unpaired) electrons. The van der Waals surface area contributed by atoms with Crippen LogP contribution in [0.5, 0.6) is 0 Å². The first-order valence-electron chi connectivity index (χ1n) is 6.35. The van der Waals surface area contributed by atoms with Crippen molar-refractivity contribution in [2.45, 2.75) is 25.1 Å². The third-order valence-corrected chi connectivity index (χ3v) is 3.26. The van der Waals surface area contributed by atoms with Crippen molar-refractivity contribution in [1.29, 1.82) is 0 Å².